The number of nitrogen functional groups attached to an aromatic ring is 1. The number of fused-ring (bicyclic) bond motifs is 1. The van der Waals surface area contributed by atoms with Crippen molar-refractivity contribution < 1.29 is 9.53 Å². The summed E-state index contributed by atoms with van der Waals surface area (Å²) in [5, 5.41) is 6.23. The van der Waals surface area contributed by atoms with Crippen molar-refractivity contribution in [3.63, 3.8) is 0 Å². The first-order valence-corrected chi connectivity index (χ1v) is 13.7. The quantitative estimate of drug-likeness (QED) is 0.231. The van der Waals surface area contributed by atoms with Gasteiger partial charge in [0.15, 0.2) is 5.82 Å². The van der Waals surface area contributed by atoms with Crippen LogP contribution in [0.15, 0.2) is 59.7 Å². The van der Waals surface area contributed by atoms with Crippen LogP contribution in [0.1, 0.15) is 57.7 Å². The first-order valence-electron chi connectivity index (χ1n) is 13.7. The molecule has 0 unspecified atom stereocenters. The second kappa shape index (κ2) is 15.7. The van der Waals surface area contributed by atoms with Crippen LogP contribution in [0.25, 0.3) is 0 Å². The van der Waals surface area contributed by atoms with Crippen molar-refractivity contribution in [2.24, 2.45) is 0 Å². The van der Waals surface area contributed by atoms with E-state index in [9.17, 15) is 9.59 Å². The van der Waals surface area contributed by atoms with Gasteiger partial charge >= 0.3 is 0 Å². The molecule has 0 saturated heterocycles. The lowest BCUT2D eigenvalue weighted by Crippen LogP contribution is -2.36. The zero-order chi connectivity index (χ0) is 29.1. The zero-order valence-electron chi connectivity index (χ0n) is 25.0. The summed E-state index contributed by atoms with van der Waals surface area (Å²) in [4.78, 5) is 40.1. The molecule has 3 aromatic heterocycles. The third-order valence-corrected chi connectivity index (χ3v) is 7.79. The van der Waals surface area contributed by atoms with Gasteiger partial charge in [-0.15, -0.1) is 37.2 Å². The lowest BCUT2D eigenvalue weighted by Gasteiger charge is -2.20. The molecule has 2 atom stereocenters. The number of carbonyl (C=O) groups is 1. The monoisotopic (exact) mass is 661 g/mol. The van der Waals surface area contributed by atoms with Crippen LogP contribution in [0.5, 0.6) is 5.75 Å². The number of halogens is 3. The number of benzene rings is 1. The van der Waals surface area contributed by atoms with Crippen LogP contribution < -0.4 is 26.7 Å². The van der Waals surface area contributed by atoms with Gasteiger partial charge in [0.05, 0.1) is 13.3 Å². The minimum Gasteiger partial charge on any atom is -0.495 e. The molecule has 236 valence electrons. The smallest absolute Gasteiger partial charge is 0.294 e. The number of hydrogen-bond acceptors (Lipinski definition) is 8. The number of methoxy groups -OCH3 is 1. The van der Waals surface area contributed by atoms with E-state index in [-0.39, 0.29) is 60.4 Å². The summed E-state index contributed by atoms with van der Waals surface area (Å²) in [7, 11) is 1.61. The Kier molecular flexibility index (Phi) is 13.0. The van der Waals surface area contributed by atoms with Gasteiger partial charge in [-0.1, -0.05) is 24.3 Å². The molecule has 1 aromatic carbocycles. The maximum Gasteiger partial charge on any atom is 0.294 e. The van der Waals surface area contributed by atoms with E-state index in [1.54, 1.807) is 30.1 Å². The number of aromatic nitrogens is 4. The molecule has 44 heavy (non-hydrogen) atoms. The average molecular weight is 663 g/mol. The van der Waals surface area contributed by atoms with Gasteiger partial charge in [0.25, 0.3) is 5.56 Å². The van der Waals surface area contributed by atoms with Gasteiger partial charge in [0.1, 0.15) is 17.6 Å². The lowest BCUT2D eigenvalue weighted by atomic mass is 9.92. The molecule has 1 aliphatic heterocycles. The Hall–Kier alpha value is -3.86. The standard InChI is InChI=1S/C31H35N7O3.3ClH/c1-18-5-6-21(13-19(18)2)25(26-10-9-24(41-4)16-33-26)17-35-29-31(40)38-23(15-34-29)8-11-27(38)30(39)36-14-22-7-12-28(32)37-20(22)3;;;/h5-7,9-10,12-13,15-16,25,27H,8,11,14,17H2,1-4H3,(H2,32,37)(H,34,35)(H,36,39);3*1H/t25-,27-;;;/m0.../s1. The topological polar surface area (TPSA) is 137 Å². The third-order valence-electron chi connectivity index (χ3n) is 7.79. The number of rotatable bonds is 9. The number of nitrogens with zero attached hydrogens (tertiary/aromatic N) is 4. The Morgan fingerprint density at radius 1 is 1.05 bits per heavy atom. The van der Waals surface area contributed by atoms with Crippen LogP contribution in [-0.2, 0) is 17.8 Å². The van der Waals surface area contributed by atoms with Crippen molar-refractivity contribution in [2.75, 3.05) is 24.7 Å². The van der Waals surface area contributed by atoms with E-state index in [2.05, 4.69) is 57.6 Å². The maximum absolute atomic E-state index is 13.6. The summed E-state index contributed by atoms with van der Waals surface area (Å²) >= 11 is 0. The zero-order valence-corrected chi connectivity index (χ0v) is 27.4. The molecule has 0 bridgehead atoms. The largest absolute Gasteiger partial charge is 0.495 e. The highest BCUT2D eigenvalue weighted by atomic mass is 35.5. The number of carbonyl (C=O) groups excluding carboxylic acids is 1. The summed E-state index contributed by atoms with van der Waals surface area (Å²) in [6.07, 6.45) is 4.51. The number of amides is 1. The van der Waals surface area contributed by atoms with Gasteiger partial charge in [-0.2, -0.15) is 0 Å². The summed E-state index contributed by atoms with van der Waals surface area (Å²) in [6.45, 7) is 6.71. The van der Waals surface area contributed by atoms with E-state index < -0.39 is 6.04 Å². The number of nitrogens with one attached hydrogen (secondary N) is 2. The summed E-state index contributed by atoms with van der Waals surface area (Å²) in [6, 6.07) is 13.1. The summed E-state index contributed by atoms with van der Waals surface area (Å²) in [5.41, 5.74) is 12.1. The average Bonchev–Trinajstić information content (AvgIpc) is 3.41. The Labute approximate surface area is 275 Å². The van der Waals surface area contributed by atoms with Crippen LogP contribution in [0.3, 0.4) is 0 Å². The van der Waals surface area contributed by atoms with Crippen LogP contribution in [0.2, 0.25) is 0 Å². The van der Waals surface area contributed by atoms with Gasteiger partial charge < -0.3 is 21.1 Å². The van der Waals surface area contributed by atoms with Gasteiger partial charge in [0, 0.05) is 42.3 Å². The minimum atomic E-state index is -0.609. The van der Waals surface area contributed by atoms with Crippen LogP contribution in [0.4, 0.5) is 11.6 Å². The molecule has 5 rings (SSSR count). The maximum atomic E-state index is 13.6. The highest BCUT2D eigenvalue weighted by molar-refractivity contribution is 5.86. The lowest BCUT2D eigenvalue weighted by molar-refractivity contribution is -0.124. The fourth-order valence-electron chi connectivity index (χ4n) is 5.20. The van der Waals surface area contributed by atoms with Gasteiger partial charge in [-0.05, 0) is 74.1 Å². The molecule has 4 N–H and O–H groups in total. The van der Waals surface area contributed by atoms with Crippen molar-refractivity contribution in [1.29, 1.82) is 0 Å². The van der Waals surface area contributed by atoms with Gasteiger partial charge in [-0.25, -0.2) is 9.97 Å². The Bertz CT molecular complexity index is 1650. The predicted molar refractivity (Wildman–Crippen MR) is 180 cm³/mol. The van der Waals surface area contributed by atoms with Crippen molar-refractivity contribution >= 4 is 54.8 Å². The molecule has 4 heterocycles. The first kappa shape index (κ1) is 36.3. The number of ether oxygens (including phenoxy) is 1. The molecule has 0 spiro atoms. The Balaban J connectivity index is 0.00000225. The van der Waals surface area contributed by atoms with Gasteiger partial charge in [-0.3, -0.25) is 19.1 Å². The Morgan fingerprint density at radius 2 is 1.82 bits per heavy atom. The second-order valence-electron chi connectivity index (χ2n) is 10.4. The summed E-state index contributed by atoms with van der Waals surface area (Å²) in [5.74, 6) is 0.953. The molecule has 1 aliphatic rings. The SMILES string of the molecule is COc1ccc([C@@H](CNc2ncc3n(c2=O)[C@H](C(=O)NCc2ccc(N)nc2C)CC3)c2ccc(C)c(C)c2)nc1.Cl.Cl.Cl. The second-order valence-corrected chi connectivity index (χ2v) is 10.4. The molecular formula is C31H38Cl3N7O3. The number of anilines is 2. The van der Waals surface area contributed by atoms with Gasteiger partial charge in [0.2, 0.25) is 5.91 Å². The fraction of sp³-hybridized carbons (Fsp3) is 0.323. The fourth-order valence-corrected chi connectivity index (χ4v) is 5.20. The van der Waals surface area contributed by atoms with Crippen LogP contribution >= 0.6 is 37.2 Å². The van der Waals surface area contributed by atoms with E-state index in [4.69, 9.17) is 10.5 Å². The number of aryl methyl sites for hydroxylation is 4. The molecule has 10 nitrogen and oxygen atoms in total. The minimum absolute atomic E-state index is 0. The van der Waals surface area contributed by atoms with Crippen LogP contribution in [0, 0.1) is 20.8 Å². The van der Waals surface area contributed by atoms with Crippen LogP contribution in [-0.4, -0.2) is 39.1 Å². The highest BCUT2D eigenvalue weighted by Crippen LogP contribution is 2.28. The molecule has 1 amide bonds. The molecule has 4 aromatic rings. The number of pyridine rings is 2. The van der Waals surface area contributed by atoms with Crippen molar-refractivity contribution in [1.82, 2.24) is 24.8 Å². The van der Waals surface area contributed by atoms with E-state index in [0.29, 0.717) is 37.5 Å². The molecule has 0 radical (unpaired) electrons. The van der Waals surface area contributed by atoms with E-state index >= 15 is 0 Å². The Morgan fingerprint density at radius 3 is 2.48 bits per heavy atom. The van der Waals surface area contributed by atoms with E-state index in [1.165, 1.54) is 11.1 Å². The first-order chi connectivity index (χ1) is 19.7. The van der Waals surface area contributed by atoms with Crippen molar-refractivity contribution in [3.8, 4) is 5.75 Å². The number of nitrogens with two attached hydrogens (primary N) is 1. The third kappa shape index (κ3) is 7.80. The molecule has 0 fully saturated rings. The van der Waals surface area contributed by atoms with E-state index in [1.807, 2.05) is 25.1 Å². The summed E-state index contributed by atoms with van der Waals surface area (Å²) < 4.78 is 6.85. The normalized spacial score (nSPS) is 13.8. The van der Waals surface area contributed by atoms with Crippen molar-refractivity contribution in [2.45, 2.75) is 52.1 Å². The molecule has 0 aliphatic carbocycles. The highest BCUT2D eigenvalue weighted by Gasteiger charge is 2.31. The number of hydrogen-bond donors (Lipinski definition) is 3. The molecule has 13 heteroatoms. The van der Waals surface area contributed by atoms with Crippen molar-refractivity contribution in [3.05, 3.63) is 105 Å². The molecular weight excluding hydrogens is 625 g/mol. The predicted octanol–water partition coefficient (Wildman–Crippen LogP) is 4.86. The van der Waals surface area contributed by atoms with E-state index in [0.717, 1.165) is 28.2 Å². The molecule has 0 saturated carbocycles.